The van der Waals surface area contributed by atoms with E-state index < -0.39 is 8.07 Å². The summed E-state index contributed by atoms with van der Waals surface area (Å²) in [6, 6.07) is 41.3. The third-order valence-electron chi connectivity index (χ3n) is 7.77. The van der Waals surface area contributed by atoms with Crippen LogP contribution < -0.4 is 10.1 Å². The fourth-order valence-corrected chi connectivity index (χ4v) is 7.01. The van der Waals surface area contributed by atoms with Gasteiger partial charge in [-0.1, -0.05) is 117 Å². The monoisotopic (exact) mass is 537 g/mol. The Morgan fingerprint density at radius 2 is 1.15 bits per heavy atom. The molecule has 0 aliphatic carbocycles. The molecule has 0 spiro atoms. The molecule has 0 N–H and O–H groups in total. The number of benzene rings is 5. The highest BCUT2D eigenvalue weighted by Crippen LogP contribution is 2.38. The summed E-state index contributed by atoms with van der Waals surface area (Å²) in [7, 11) is -1.55. The molecule has 0 atom stereocenters. The van der Waals surface area contributed by atoms with Crippen LogP contribution >= 0.6 is 0 Å². The summed E-state index contributed by atoms with van der Waals surface area (Å²) < 4.78 is 6.66. The third-order valence-corrected chi connectivity index (χ3v) is 9.78. The SMILES string of the molecule is CC=C(C)N(c1ccc(-c2ccccc2)cc1)c1ccc(-c2cccc3c2oc2c([Si](C)(C)C)cccc23)cc1. The van der Waals surface area contributed by atoms with Crippen molar-refractivity contribution < 1.29 is 4.42 Å². The average molecular weight is 538 g/mol. The van der Waals surface area contributed by atoms with Gasteiger partial charge in [0.25, 0.3) is 0 Å². The second-order valence-corrected chi connectivity index (χ2v) is 16.5. The second kappa shape index (κ2) is 10.3. The van der Waals surface area contributed by atoms with E-state index in [4.69, 9.17) is 4.42 Å². The van der Waals surface area contributed by atoms with Crippen LogP contribution in [0.3, 0.4) is 0 Å². The Kier molecular flexibility index (Phi) is 6.69. The summed E-state index contributed by atoms with van der Waals surface area (Å²) in [6.45, 7) is 11.4. The molecular weight excluding hydrogens is 502 g/mol. The fourth-order valence-electron chi connectivity index (χ4n) is 5.55. The normalized spacial score (nSPS) is 12.3. The molecule has 0 aliphatic heterocycles. The molecule has 40 heavy (non-hydrogen) atoms. The molecule has 0 aliphatic rings. The fraction of sp³-hybridized carbons (Fsp3) is 0.135. The Hall–Kier alpha value is -4.34. The van der Waals surface area contributed by atoms with E-state index in [1.54, 1.807) is 0 Å². The molecule has 198 valence electrons. The Morgan fingerprint density at radius 3 is 1.75 bits per heavy atom. The molecule has 0 amide bonds. The molecule has 0 bridgehead atoms. The van der Waals surface area contributed by atoms with Gasteiger partial charge in [0.2, 0.25) is 0 Å². The van der Waals surface area contributed by atoms with Gasteiger partial charge in [-0.3, -0.25) is 0 Å². The van der Waals surface area contributed by atoms with Crippen LogP contribution in [0.15, 0.2) is 131 Å². The van der Waals surface area contributed by atoms with Crippen LogP contribution in [0, 0.1) is 0 Å². The molecule has 5 aromatic carbocycles. The summed E-state index contributed by atoms with van der Waals surface area (Å²) in [5.41, 5.74) is 10.2. The van der Waals surface area contributed by atoms with Crippen molar-refractivity contribution in [3.8, 4) is 22.3 Å². The van der Waals surface area contributed by atoms with Gasteiger partial charge in [0.15, 0.2) is 0 Å². The molecule has 0 radical (unpaired) electrons. The van der Waals surface area contributed by atoms with E-state index in [1.165, 1.54) is 32.8 Å². The number of allylic oxidation sites excluding steroid dienone is 2. The van der Waals surface area contributed by atoms with E-state index >= 15 is 0 Å². The van der Waals surface area contributed by atoms with Crippen molar-refractivity contribution in [2.45, 2.75) is 33.5 Å². The molecule has 1 aromatic heterocycles. The molecule has 6 aromatic rings. The number of furan rings is 1. The average Bonchev–Trinajstić information content (AvgIpc) is 3.37. The van der Waals surface area contributed by atoms with Crippen LogP contribution in [-0.4, -0.2) is 8.07 Å². The maximum absolute atomic E-state index is 6.66. The van der Waals surface area contributed by atoms with Gasteiger partial charge in [0, 0.05) is 33.4 Å². The molecule has 0 saturated carbocycles. The van der Waals surface area contributed by atoms with Crippen LogP contribution in [0.1, 0.15) is 13.8 Å². The number of hydrogen-bond donors (Lipinski definition) is 0. The predicted molar refractivity (Wildman–Crippen MR) is 176 cm³/mol. The van der Waals surface area contributed by atoms with Crippen molar-refractivity contribution in [2.24, 2.45) is 0 Å². The Balaban J connectivity index is 1.39. The van der Waals surface area contributed by atoms with Gasteiger partial charge in [-0.15, -0.1) is 0 Å². The van der Waals surface area contributed by atoms with E-state index in [0.717, 1.165) is 33.7 Å². The van der Waals surface area contributed by atoms with E-state index in [9.17, 15) is 0 Å². The van der Waals surface area contributed by atoms with Crippen LogP contribution in [-0.2, 0) is 0 Å². The zero-order chi connectivity index (χ0) is 27.9. The summed E-state index contributed by atoms with van der Waals surface area (Å²) in [5.74, 6) is 0. The highest BCUT2D eigenvalue weighted by molar-refractivity contribution is 6.90. The standard InChI is InChI=1S/C37H35NOSi/c1-6-26(2)38(30-22-18-28(19-23-30)27-12-8-7-9-13-27)31-24-20-29(21-25-31)32-14-10-15-33-34-16-11-17-35(40(3,4)5)37(34)39-36(32)33/h6-25H,1-5H3. The molecule has 1 heterocycles. The molecule has 0 saturated heterocycles. The van der Waals surface area contributed by atoms with E-state index in [0.29, 0.717) is 0 Å². The Labute approximate surface area is 238 Å². The van der Waals surface area contributed by atoms with Gasteiger partial charge >= 0.3 is 0 Å². The van der Waals surface area contributed by atoms with Gasteiger partial charge in [-0.25, -0.2) is 0 Å². The first-order valence-electron chi connectivity index (χ1n) is 14.0. The first kappa shape index (κ1) is 25.9. The van der Waals surface area contributed by atoms with Crippen molar-refractivity contribution in [3.05, 3.63) is 127 Å². The maximum atomic E-state index is 6.66. The van der Waals surface area contributed by atoms with Gasteiger partial charge in [0.05, 0.1) is 8.07 Å². The van der Waals surface area contributed by atoms with Crippen LogP contribution in [0.25, 0.3) is 44.2 Å². The van der Waals surface area contributed by atoms with E-state index in [2.05, 4.69) is 160 Å². The van der Waals surface area contributed by atoms with E-state index in [1.807, 2.05) is 0 Å². The Bertz CT molecular complexity index is 1820. The summed E-state index contributed by atoms with van der Waals surface area (Å²) in [6.07, 6.45) is 2.16. The lowest BCUT2D eigenvalue weighted by molar-refractivity contribution is 0.672. The quantitative estimate of drug-likeness (QED) is 0.196. The zero-order valence-corrected chi connectivity index (χ0v) is 24.9. The van der Waals surface area contributed by atoms with Gasteiger partial charge < -0.3 is 9.32 Å². The van der Waals surface area contributed by atoms with Gasteiger partial charge in [-0.2, -0.15) is 0 Å². The third kappa shape index (κ3) is 4.67. The van der Waals surface area contributed by atoms with Crippen LogP contribution in [0.2, 0.25) is 19.6 Å². The number of fused-ring (bicyclic) bond motifs is 3. The van der Waals surface area contributed by atoms with Crippen molar-refractivity contribution in [1.82, 2.24) is 0 Å². The minimum absolute atomic E-state index is 0.967. The number of rotatable bonds is 6. The molecular formula is C37H35NOSi. The predicted octanol–water partition coefficient (Wildman–Crippen LogP) is 10.5. The number of nitrogens with zero attached hydrogens (tertiary/aromatic N) is 1. The molecule has 6 rings (SSSR count). The number of anilines is 2. The zero-order valence-electron chi connectivity index (χ0n) is 23.9. The first-order valence-corrected chi connectivity index (χ1v) is 17.5. The van der Waals surface area contributed by atoms with Crippen molar-refractivity contribution in [1.29, 1.82) is 0 Å². The van der Waals surface area contributed by atoms with Crippen molar-refractivity contribution >= 4 is 46.6 Å². The lowest BCUT2D eigenvalue weighted by Crippen LogP contribution is -2.37. The summed E-state index contributed by atoms with van der Waals surface area (Å²) in [4.78, 5) is 2.31. The highest BCUT2D eigenvalue weighted by Gasteiger charge is 2.23. The lowest BCUT2D eigenvalue weighted by Gasteiger charge is -2.26. The number of para-hydroxylation sites is 2. The molecule has 0 fully saturated rings. The largest absolute Gasteiger partial charge is 0.456 e. The maximum Gasteiger partial charge on any atom is 0.143 e. The smallest absolute Gasteiger partial charge is 0.143 e. The molecule has 0 unspecified atom stereocenters. The summed E-state index contributed by atoms with van der Waals surface area (Å²) >= 11 is 0. The summed E-state index contributed by atoms with van der Waals surface area (Å²) in [5, 5.41) is 3.77. The molecule has 3 heteroatoms. The van der Waals surface area contributed by atoms with Crippen LogP contribution in [0.5, 0.6) is 0 Å². The highest BCUT2D eigenvalue weighted by atomic mass is 28.3. The Morgan fingerprint density at radius 1 is 0.600 bits per heavy atom. The van der Waals surface area contributed by atoms with Gasteiger partial charge in [-0.05, 0) is 60.0 Å². The minimum Gasteiger partial charge on any atom is -0.456 e. The molecule has 2 nitrogen and oxygen atoms in total. The minimum atomic E-state index is -1.55. The topological polar surface area (TPSA) is 16.4 Å². The van der Waals surface area contributed by atoms with Crippen LogP contribution in [0.4, 0.5) is 11.4 Å². The number of hydrogen-bond acceptors (Lipinski definition) is 2. The second-order valence-electron chi connectivity index (χ2n) is 11.4. The van der Waals surface area contributed by atoms with E-state index in [-0.39, 0.29) is 0 Å². The van der Waals surface area contributed by atoms with Gasteiger partial charge in [0.1, 0.15) is 11.2 Å². The van der Waals surface area contributed by atoms with Crippen molar-refractivity contribution in [2.75, 3.05) is 4.90 Å². The first-order chi connectivity index (χ1) is 19.3. The lowest BCUT2D eigenvalue weighted by atomic mass is 10.0. The van der Waals surface area contributed by atoms with Crippen molar-refractivity contribution in [3.63, 3.8) is 0 Å².